The van der Waals surface area contributed by atoms with Gasteiger partial charge in [0.1, 0.15) is 5.76 Å². The molecule has 0 heterocycles. The average Bonchev–Trinajstić information content (AvgIpc) is 2.05. The summed E-state index contributed by atoms with van der Waals surface area (Å²) < 4.78 is 0. The highest BCUT2D eigenvalue weighted by molar-refractivity contribution is 5.58. The molecule has 0 atom stereocenters. The van der Waals surface area contributed by atoms with Gasteiger partial charge in [0, 0.05) is 5.56 Å². The zero-order valence-corrected chi connectivity index (χ0v) is 7.49. The third-order valence-corrected chi connectivity index (χ3v) is 1.56. The molecule has 0 bridgehead atoms. The Hall–Kier alpha value is -1.24. The van der Waals surface area contributed by atoms with Crippen LogP contribution >= 0.6 is 0 Å². The van der Waals surface area contributed by atoms with Crippen molar-refractivity contribution in [3.63, 3.8) is 0 Å². The van der Waals surface area contributed by atoms with E-state index >= 15 is 0 Å². The second kappa shape index (κ2) is 3.96. The maximum Gasteiger partial charge on any atom is 0.119 e. The number of aliphatic hydroxyl groups excluding tert-OH is 1. The van der Waals surface area contributed by atoms with Crippen molar-refractivity contribution in [1.82, 2.24) is 0 Å². The number of hydrogen-bond donors (Lipinski definition) is 1. The van der Waals surface area contributed by atoms with E-state index in [0.29, 0.717) is 11.7 Å². The molecule has 0 fully saturated rings. The number of rotatable bonds is 2. The van der Waals surface area contributed by atoms with Crippen molar-refractivity contribution in [2.24, 2.45) is 5.92 Å². The van der Waals surface area contributed by atoms with Gasteiger partial charge in [0.05, 0.1) is 0 Å². The standard InChI is InChI=1S/C11H14O/c1-9(2)8-11(12)10-6-4-3-5-7-10/h3-9,12H,1-2H3/b11-8-. The van der Waals surface area contributed by atoms with Crippen molar-refractivity contribution in [2.75, 3.05) is 0 Å². The maximum atomic E-state index is 9.55. The molecule has 0 radical (unpaired) electrons. The number of benzene rings is 1. The van der Waals surface area contributed by atoms with Crippen LogP contribution < -0.4 is 0 Å². The Bertz CT molecular complexity index is 260. The van der Waals surface area contributed by atoms with Crippen LogP contribution in [0.3, 0.4) is 0 Å². The smallest absolute Gasteiger partial charge is 0.119 e. The van der Waals surface area contributed by atoms with Crippen LogP contribution in [0, 0.1) is 5.92 Å². The Labute approximate surface area is 73.4 Å². The van der Waals surface area contributed by atoms with Crippen LogP contribution in [0.25, 0.3) is 5.76 Å². The minimum absolute atomic E-state index is 0.366. The van der Waals surface area contributed by atoms with E-state index < -0.39 is 0 Å². The summed E-state index contributed by atoms with van der Waals surface area (Å²) in [4.78, 5) is 0. The minimum Gasteiger partial charge on any atom is -0.508 e. The van der Waals surface area contributed by atoms with Crippen LogP contribution in [0.4, 0.5) is 0 Å². The largest absolute Gasteiger partial charge is 0.508 e. The molecule has 1 N–H and O–H groups in total. The third-order valence-electron chi connectivity index (χ3n) is 1.56. The molecule has 1 heteroatoms. The normalized spacial score (nSPS) is 12.1. The van der Waals surface area contributed by atoms with E-state index in [1.807, 2.05) is 50.3 Å². The SMILES string of the molecule is CC(C)/C=C(\O)c1ccccc1. The zero-order valence-electron chi connectivity index (χ0n) is 7.49. The summed E-state index contributed by atoms with van der Waals surface area (Å²) in [6.45, 7) is 4.08. The van der Waals surface area contributed by atoms with Crippen LogP contribution in [0.2, 0.25) is 0 Å². The Morgan fingerprint density at radius 2 is 1.83 bits per heavy atom. The highest BCUT2D eigenvalue weighted by atomic mass is 16.3. The fraction of sp³-hybridized carbons (Fsp3) is 0.273. The Balaban J connectivity index is 2.85. The predicted octanol–water partition coefficient (Wildman–Crippen LogP) is 3.24. The lowest BCUT2D eigenvalue weighted by atomic mass is 10.1. The number of allylic oxidation sites excluding steroid dienone is 1. The summed E-state index contributed by atoms with van der Waals surface area (Å²) in [7, 11) is 0. The van der Waals surface area contributed by atoms with Gasteiger partial charge in [0.25, 0.3) is 0 Å². The van der Waals surface area contributed by atoms with Crippen molar-refractivity contribution < 1.29 is 5.11 Å². The number of hydrogen-bond acceptors (Lipinski definition) is 1. The maximum absolute atomic E-state index is 9.55. The molecule has 1 aromatic rings. The molecule has 0 spiro atoms. The molecular weight excluding hydrogens is 148 g/mol. The highest BCUT2D eigenvalue weighted by Crippen LogP contribution is 2.12. The fourth-order valence-corrected chi connectivity index (χ4v) is 1.02. The van der Waals surface area contributed by atoms with Crippen LogP contribution in [-0.4, -0.2) is 5.11 Å². The molecule has 1 nitrogen and oxygen atoms in total. The molecule has 0 aliphatic rings. The second-order valence-electron chi connectivity index (χ2n) is 3.16. The van der Waals surface area contributed by atoms with Crippen molar-refractivity contribution in [1.29, 1.82) is 0 Å². The third kappa shape index (κ3) is 2.42. The van der Waals surface area contributed by atoms with E-state index in [1.165, 1.54) is 0 Å². The molecule has 0 saturated carbocycles. The molecule has 12 heavy (non-hydrogen) atoms. The first-order chi connectivity index (χ1) is 5.70. The van der Waals surface area contributed by atoms with Crippen molar-refractivity contribution in [2.45, 2.75) is 13.8 Å². The molecule has 0 aliphatic carbocycles. The molecule has 0 saturated heterocycles. The molecule has 0 amide bonds. The van der Waals surface area contributed by atoms with Gasteiger partial charge in [0.2, 0.25) is 0 Å². The monoisotopic (exact) mass is 162 g/mol. The molecule has 1 rings (SSSR count). The zero-order chi connectivity index (χ0) is 8.97. The average molecular weight is 162 g/mol. The molecule has 0 aliphatic heterocycles. The molecule has 1 aromatic carbocycles. The second-order valence-corrected chi connectivity index (χ2v) is 3.16. The van der Waals surface area contributed by atoms with E-state index in [0.717, 1.165) is 5.56 Å². The van der Waals surface area contributed by atoms with Gasteiger partial charge in [-0.2, -0.15) is 0 Å². The van der Waals surface area contributed by atoms with Gasteiger partial charge < -0.3 is 5.11 Å². The van der Waals surface area contributed by atoms with Crippen LogP contribution in [0.1, 0.15) is 19.4 Å². The van der Waals surface area contributed by atoms with Crippen LogP contribution in [0.15, 0.2) is 36.4 Å². The summed E-state index contributed by atoms with van der Waals surface area (Å²) in [5, 5.41) is 9.55. The first-order valence-electron chi connectivity index (χ1n) is 4.16. The quantitative estimate of drug-likeness (QED) is 0.662. The van der Waals surface area contributed by atoms with Crippen LogP contribution in [0.5, 0.6) is 0 Å². The Morgan fingerprint density at radius 1 is 1.25 bits per heavy atom. The molecule has 0 aromatic heterocycles. The first-order valence-corrected chi connectivity index (χ1v) is 4.16. The summed E-state index contributed by atoms with van der Waals surface area (Å²) in [5.74, 6) is 0.746. The fourth-order valence-electron chi connectivity index (χ4n) is 1.02. The van der Waals surface area contributed by atoms with Crippen molar-refractivity contribution >= 4 is 5.76 Å². The van der Waals surface area contributed by atoms with E-state index in [9.17, 15) is 5.11 Å². The lowest BCUT2D eigenvalue weighted by Crippen LogP contribution is -1.86. The van der Waals surface area contributed by atoms with Crippen molar-refractivity contribution in [3.8, 4) is 0 Å². The van der Waals surface area contributed by atoms with E-state index in [-0.39, 0.29) is 0 Å². The van der Waals surface area contributed by atoms with Gasteiger partial charge >= 0.3 is 0 Å². The molecular formula is C11H14O. The van der Waals surface area contributed by atoms with Gasteiger partial charge in [-0.1, -0.05) is 44.2 Å². The van der Waals surface area contributed by atoms with Gasteiger partial charge in [-0.25, -0.2) is 0 Å². The predicted molar refractivity (Wildman–Crippen MR) is 51.9 cm³/mol. The highest BCUT2D eigenvalue weighted by Gasteiger charge is 1.97. The Kier molecular flexibility index (Phi) is 2.92. The number of aliphatic hydroxyl groups is 1. The van der Waals surface area contributed by atoms with E-state index in [4.69, 9.17) is 0 Å². The first kappa shape index (κ1) is 8.85. The molecule has 0 unspecified atom stereocenters. The lowest BCUT2D eigenvalue weighted by molar-refractivity contribution is 0.506. The summed E-state index contributed by atoms with van der Waals surface area (Å²) in [6.07, 6.45) is 1.84. The van der Waals surface area contributed by atoms with Crippen LogP contribution in [-0.2, 0) is 0 Å². The van der Waals surface area contributed by atoms with Gasteiger partial charge in [0.15, 0.2) is 0 Å². The summed E-state index contributed by atoms with van der Waals surface area (Å²) in [6, 6.07) is 9.56. The Morgan fingerprint density at radius 3 is 2.33 bits per heavy atom. The lowest BCUT2D eigenvalue weighted by Gasteiger charge is -2.01. The molecule has 64 valence electrons. The van der Waals surface area contributed by atoms with Gasteiger partial charge in [-0.15, -0.1) is 0 Å². The minimum atomic E-state index is 0.366. The van der Waals surface area contributed by atoms with E-state index in [1.54, 1.807) is 0 Å². The van der Waals surface area contributed by atoms with Crippen molar-refractivity contribution in [3.05, 3.63) is 42.0 Å². The van der Waals surface area contributed by atoms with Gasteiger partial charge in [-0.05, 0) is 12.0 Å². The summed E-state index contributed by atoms with van der Waals surface area (Å²) >= 11 is 0. The topological polar surface area (TPSA) is 20.2 Å². The van der Waals surface area contributed by atoms with Gasteiger partial charge in [-0.3, -0.25) is 0 Å². The van der Waals surface area contributed by atoms with E-state index in [2.05, 4.69) is 0 Å². The summed E-state index contributed by atoms with van der Waals surface area (Å²) in [5.41, 5.74) is 0.881.